The van der Waals surface area contributed by atoms with E-state index in [1.54, 1.807) is 20.1 Å². The van der Waals surface area contributed by atoms with Crippen LogP contribution in [0.4, 0.5) is 0 Å². The molecule has 0 aliphatic carbocycles. The highest BCUT2D eigenvalue weighted by Crippen LogP contribution is 2.22. The van der Waals surface area contributed by atoms with Gasteiger partial charge >= 0.3 is 5.97 Å². The van der Waals surface area contributed by atoms with Crippen molar-refractivity contribution in [3.05, 3.63) is 29.8 Å². The van der Waals surface area contributed by atoms with Crippen LogP contribution >= 0.6 is 0 Å². The fourth-order valence-corrected chi connectivity index (χ4v) is 2.16. The molecule has 21 heavy (non-hydrogen) atoms. The minimum atomic E-state index is -0.998. The zero-order chi connectivity index (χ0) is 16.0. The van der Waals surface area contributed by atoms with E-state index in [0.717, 1.165) is 5.56 Å². The Bertz CT molecular complexity index is 499. The van der Waals surface area contributed by atoms with Gasteiger partial charge in [0.05, 0.1) is 13.0 Å². The molecule has 1 aromatic carbocycles. The first-order valence-electron chi connectivity index (χ1n) is 6.99. The number of amides is 1. The fraction of sp³-hybridized carbons (Fsp3) is 0.500. The van der Waals surface area contributed by atoms with E-state index >= 15 is 0 Å². The molecule has 0 heterocycles. The number of hydrogen-bond donors (Lipinski definition) is 1. The van der Waals surface area contributed by atoms with Gasteiger partial charge in [-0.05, 0) is 30.5 Å². The monoisotopic (exact) mass is 293 g/mol. The van der Waals surface area contributed by atoms with Gasteiger partial charge in [-0.15, -0.1) is 0 Å². The van der Waals surface area contributed by atoms with E-state index in [0.29, 0.717) is 12.3 Å². The van der Waals surface area contributed by atoms with Crippen LogP contribution < -0.4 is 4.74 Å². The minimum Gasteiger partial charge on any atom is -0.497 e. The minimum absolute atomic E-state index is 0.181. The summed E-state index contributed by atoms with van der Waals surface area (Å²) in [6.07, 6.45) is 0. The number of nitrogens with zero attached hydrogens (tertiary/aromatic N) is 1. The third-order valence-corrected chi connectivity index (χ3v) is 3.19. The number of ether oxygens (including phenoxy) is 1. The maximum absolute atomic E-state index is 12.5. The first kappa shape index (κ1) is 17.0. The van der Waals surface area contributed by atoms with Crippen LogP contribution in [-0.4, -0.2) is 42.1 Å². The first-order chi connectivity index (χ1) is 9.85. The first-order valence-corrected chi connectivity index (χ1v) is 6.99. The molecule has 0 aliphatic heterocycles. The molecule has 0 fully saturated rings. The van der Waals surface area contributed by atoms with E-state index in [2.05, 4.69) is 0 Å². The van der Waals surface area contributed by atoms with E-state index in [1.165, 1.54) is 4.90 Å². The molecule has 1 unspecified atom stereocenters. The number of carboxylic acids is 1. The van der Waals surface area contributed by atoms with Crippen LogP contribution in [0, 0.1) is 5.92 Å². The van der Waals surface area contributed by atoms with Gasteiger partial charge in [0.1, 0.15) is 12.3 Å². The quantitative estimate of drug-likeness (QED) is 0.838. The SMILES string of the molecule is COc1cccc(C(C)C(=O)N(CC(=O)O)CC(C)C)c1. The second-order valence-corrected chi connectivity index (χ2v) is 5.50. The number of benzene rings is 1. The summed E-state index contributed by atoms with van der Waals surface area (Å²) in [6, 6.07) is 7.28. The van der Waals surface area contributed by atoms with Gasteiger partial charge in [-0.2, -0.15) is 0 Å². The molecule has 1 amide bonds. The smallest absolute Gasteiger partial charge is 0.323 e. The Morgan fingerprint density at radius 2 is 1.95 bits per heavy atom. The Kier molecular flexibility index (Phi) is 6.21. The molecule has 0 radical (unpaired) electrons. The third-order valence-electron chi connectivity index (χ3n) is 3.19. The van der Waals surface area contributed by atoms with Crippen LogP contribution in [0.2, 0.25) is 0 Å². The molecule has 0 saturated heterocycles. The average Bonchev–Trinajstić information content (AvgIpc) is 2.44. The molecular formula is C16H23NO4. The fourth-order valence-electron chi connectivity index (χ4n) is 2.16. The molecule has 5 nitrogen and oxygen atoms in total. The zero-order valence-electron chi connectivity index (χ0n) is 13.0. The van der Waals surface area contributed by atoms with Crippen LogP contribution in [0.3, 0.4) is 0 Å². The van der Waals surface area contributed by atoms with Gasteiger partial charge < -0.3 is 14.7 Å². The second-order valence-electron chi connectivity index (χ2n) is 5.50. The van der Waals surface area contributed by atoms with Crippen molar-refractivity contribution in [2.45, 2.75) is 26.7 Å². The maximum Gasteiger partial charge on any atom is 0.323 e. The van der Waals surface area contributed by atoms with Crippen molar-refractivity contribution in [1.29, 1.82) is 0 Å². The van der Waals surface area contributed by atoms with Gasteiger partial charge in [0, 0.05) is 6.54 Å². The van der Waals surface area contributed by atoms with E-state index in [4.69, 9.17) is 9.84 Å². The second kappa shape index (κ2) is 7.67. The molecule has 1 N–H and O–H groups in total. The molecule has 1 aromatic rings. The Balaban J connectivity index is 2.92. The molecule has 0 aliphatic rings. The molecule has 0 saturated carbocycles. The number of aliphatic carboxylic acids is 1. The number of hydrogen-bond acceptors (Lipinski definition) is 3. The summed E-state index contributed by atoms with van der Waals surface area (Å²) in [4.78, 5) is 24.9. The van der Waals surface area contributed by atoms with Crippen molar-refractivity contribution in [2.24, 2.45) is 5.92 Å². The molecule has 116 valence electrons. The zero-order valence-corrected chi connectivity index (χ0v) is 13.0. The van der Waals surface area contributed by atoms with E-state index in [-0.39, 0.29) is 18.4 Å². The Labute approximate surface area is 125 Å². The average molecular weight is 293 g/mol. The largest absolute Gasteiger partial charge is 0.497 e. The van der Waals surface area contributed by atoms with Crippen LogP contribution in [0.25, 0.3) is 0 Å². The van der Waals surface area contributed by atoms with Crippen molar-refractivity contribution >= 4 is 11.9 Å². The lowest BCUT2D eigenvalue weighted by atomic mass is 9.99. The lowest BCUT2D eigenvalue weighted by Crippen LogP contribution is -2.40. The molecule has 0 aromatic heterocycles. The highest BCUT2D eigenvalue weighted by molar-refractivity contribution is 5.86. The molecule has 1 rings (SSSR count). The lowest BCUT2D eigenvalue weighted by molar-refractivity contribution is -0.145. The van der Waals surface area contributed by atoms with Crippen molar-refractivity contribution in [2.75, 3.05) is 20.2 Å². The summed E-state index contributed by atoms with van der Waals surface area (Å²) in [5.74, 6) is -0.689. The van der Waals surface area contributed by atoms with Crippen LogP contribution in [-0.2, 0) is 9.59 Å². The number of rotatable bonds is 7. The van der Waals surface area contributed by atoms with Crippen molar-refractivity contribution < 1.29 is 19.4 Å². The number of carbonyl (C=O) groups excluding carboxylic acids is 1. The number of carbonyl (C=O) groups is 2. The predicted octanol–water partition coefficient (Wildman–Crippen LogP) is 2.37. The van der Waals surface area contributed by atoms with Crippen molar-refractivity contribution in [3.63, 3.8) is 0 Å². The lowest BCUT2D eigenvalue weighted by Gasteiger charge is -2.26. The molecule has 5 heteroatoms. The number of methoxy groups -OCH3 is 1. The number of carboxylic acid groups (broad SMARTS) is 1. The summed E-state index contributed by atoms with van der Waals surface area (Å²) < 4.78 is 5.16. The van der Waals surface area contributed by atoms with E-state index < -0.39 is 11.9 Å². The van der Waals surface area contributed by atoms with E-state index in [9.17, 15) is 9.59 Å². The molecule has 0 spiro atoms. The van der Waals surface area contributed by atoms with Gasteiger partial charge in [-0.1, -0.05) is 26.0 Å². The molecular weight excluding hydrogens is 270 g/mol. The van der Waals surface area contributed by atoms with E-state index in [1.807, 2.05) is 32.0 Å². The summed E-state index contributed by atoms with van der Waals surface area (Å²) in [5.41, 5.74) is 0.818. The molecule has 1 atom stereocenters. The third kappa shape index (κ3) is 5.10. The van der Waals surface area contributed by atoms with Gasteiger partial charge in [0.2, 0.25) is 5.91 Å². The predicted molar refractivity (Wildman–Crippen MR) is 80.5 cm³/mol. The summed E-state index contributed by atoms with van der Waals surface area (Å²) in [5, 5.41) is 8.97. The van der Waals surface area contributed by atoms with Gasteiger partial charge in [0.25, 0.3) is 0 Å². The van der Waals surface area contributed by atoms with Crippen molar-refractivity contribution in [1.82, 2.24) is 4.90 Å². The van der Waals surface area contributed by atoms with Gasteiger partial charge in [0.15, 0.2) is 0 Å². The van der Waals surface area contributed by atoms with Crippen LogP contribution in [0.5, 0.6) is 5.75 Å². The Morgan fingerprint density at radius 1 is 1.29 bits per heavy atom. The van der Waals surface area contributed by atoms with Crippen LogP contribution in [0.15, 0.2) is 24.3 Å². The van der Waals surface area contributed by atoms with Gasteiger partial charge in [-0.3, -0.25) is 9.59 Å². The highest BCUT2D eigenvalue weighted by Gasteiger charge is 2.24. The Hall–Kier alpha value is -2.04. The van der Waals surface area contributed by atoms with Crippen LogP contribution in [0.1, 0.15) is 32.3 Å². The maximum atomic E-state index is 12.5. The van der Waals surface area contributed by atoms with Gasteiger partial charge in [-0.25, -0.2) is 0 Å². The Morgan fingerprint density at radius 3 is 2.48 bits per heavy atom. The normalized spacial score (nSPS) is 12.0. The summed E-state index contributed by atoms with van der Waals surface area (Å²) in [6.45, 7) is 5.85. The topological polar surface area (TPSA) is 66.8 Å². The highest BCUT2D eigenvalue weighted by atomic mass is 16.5. The summed E-state index contributed by atoms with van der Waals surface area (Å²) >= 11 is 0. The van der Waals surface area contributed by atoms with Crippen molar-refractivity contribution in [3.8, 4) is 5.75 Å². The standard InChI is InChI=1S/C16H23NO4/c1-11(2)9-17(10-15(18)19)16(20)12(3)13-6-5-7-14(8-13)21-4/h5-8,11-12H,9-10H2,1-4H3,(H,18,19). The summed E-state index contributed by atoms with van der Waals surface area (Å²) in [7, 11) is 1.57. The molecule has 0 bridgehead atoms.